The zero-order chi connectivity index (χ0) is 18.6. The lowest BCUT2D eigenvalue weighted by Gasteiger charge is -2.42. The highest BCUT2D eigenvalue weighted by Crippen LogP contribution is 2.59. The van der Waals surface area contributed by atoms with Gasteiger partial charge in [0.15, 0.2) is 0 Å². The Morgan fingerprint density at radius 3 is 1.81 bits per heavy atom. The van der Waals surface area contributed by atoms with E-state index < -0.39 is 10.1 Å². The molecule has 2 aliphatic rings. The maximum absolute atomic E-state index is 11.2. The van der Waals surface area contributed by atoms with Crippen molar-refractivity contribution in [1.29, 1.82) is 0 Å². The van der Waals surface area contributed by atoms with E-state index in [0.717, 1.165) is 17.7 Å². The molecule has 5 heteroatoms. The minimum absolute atomic E-state index is 0.00396. The highest BCUT2D eigenvalue weighted by atomic mass is 32.2. The number of hydrogen-bond donors (Lipinski definition) is 1. The van der Waals surface area contributed by atoms with Crippen LogP contribution in [0, 0.1) is 0 Å². The zero-order valence-electron chi connectivity index (χ0n) is 15.9. The van der Waals surface area contributed by atoms with Crippen molar-refractivity contribution in [1.82, 2.24) is 0 Å². The van der Waals surface area contributed by atoms with Gasteiger partial charge in [-0.1, -0.05) is 65.5 Å². The van der Waals surface area contributed by atoms with E-state index in [1.165, 1.54) is 69.8 Å². The standard InChI is InChI=1S/C21H33O3PS/c1-17(16-18-12-14-21(15-13-18)26(22,23)24)25(19-8-4-2-5-9-19)20-10-6-3-7-11-20/h12-15,17,19-20H,2-11,16H2,1H3,(H,22,23,24). The summed E-state index contributed by atoms with van der Waals surface area (Å²) in [6, 6.07) is 6.85. The lowest BCUT2D eigenvalue weighted by Crippen LogP contribution is -2.26. The molecule has 3 nitrogen and oxygen atoms in total. The van der Waals surface area contributed by atoms with Gasteiger partial charge in [0.2, 0.25) is 0 Å². The Labute approximate surface area is 160 Å². The third-order valence-electron chi connectivity index (χ3n) is 6.25. The third-order valence-corrected chi connectivity index (χ3v) is 11.0. The molecule has 0 spiro atoms. The van der Waals surface area contributed by atoms with Crippen molar-refractivity contribution in [3.05, 3.63) is 29.8 Å². The monoisotopic (exact) mass is 396 g/mol. The molecule has 0 saturated heterocycles. The molecule has 1 aromatic carbocycles. The number of rotatable bonds is 6. The summed E-state index contributed by atoms with van der Waals surface area (Å²) < 4.78 is 31.7. The summed E-state index contributed by atoms with van der Waals surface area (Å²) in [5.74, 6) is 0. The van der Waals surface area contributed by atoms with Crippen LogP contribution in [0.25, 0.3) is 0 Å². The second-order valence-electron chi connectivity index (χ2n) is 8.20. The van der Waals surface area contributed by atoms with Crippen molar-refractivity contribution in [2.75, 3.05) is 0 Å². The van der Waals surface area contributed by atoms with Crippen LogP contribution in [0.15, 0.2) is 29.2 Å². The van der Waals surface area contributed by atoms with Crippen LogP contribution in [-0.4, -0.2) is 29.9 Å². The van der Waals surface area contributed by atoms with Crippen LogP contribution in [0.2, 0.25) is 0 Å². The molecule has 1 unspecified atom stereocenters. The fraction of sp³-hybridized carbons (Fsp3) is 0.714. The first-order chi connectivity index (χ1) is 12.4. The molecule has 0 aromatic heterocycles. The molecular weight excluding hydrogens is 363 g/mol. The summed E-state index contributed by atoms with van der Waals surface area (Å²) in [4.78, 5) is -0.00396. The normalized spacial score (nSPS) is 21.8. The van der Waals surface area contributed by atoms with Crippen molar-refractivity contribution in [3.63, 3.8) is 0 Å². The molecule has 1 aromatic rings. The Balaban J connectivity index is 1.72. The van der Waals surface area contributed by atoms with Gasteiger partial charge in [0.05, 0.1) is 4.90 Å². The molecule has 0 aliphatic heterocycles. The van der Waals surface area contributed by atoms with Crippen molar-refractivity contribution in [2.45, 2.75) is 99.4 Å². The summed E-state index contributed by atoms with van der Waals surface area (Å²) in [7, 11) is -4.07. The lowest BCUT2D eigenvalue weighted by molar-refractivity contribution is 0.481. The fourth-order valence-electron chi connectivity index (χ4n) is 5.02. The molecule has 1 atom stereocenters. The van der Waals surface area contributed by atoms with E-state index >= 15 is 0 Å². The van der Waals surface area contributed by atoms with Gasteiger partial charge in [0, 0.05) is 0 Å². The molecule has 26 heavy (non-hydrogen) atoms. The highest BCUT2D eigenvalue weighted by Gasteiger charge is 2.34. The molecule has 0 heterocycles. The van der Waals surface area contributed by atoms with Gasteiger partial charge in [0.25, 0.3) is 10.1 Å². The molecule has 2 aliphatic carbocycles. The van der Waals surface area contributed by atoms with Gasteiger partial charge in [-0.05, 0) is 66.8 Å². The van der Waals surface area contributed by atoms with Gasteiger partial charge in [-0.25, -0.2) is 0 Å². The Bertz CT molecular complexity index is 641. The van der Waals surface area contributed by atoms with Gasteiger partial charge in [-0.3, -0.25) is 4.55 Å². The first kappa shape index (κ1) is 20.3. The van der Waals surface area contributed by atoms with Crippen LogP contribution in [0.5, 0.6) is 0 Å². The molecule has 146 valence electrons. The summed E-state index contributed by atoms with van der Waals surface area (Å²) >= 11 is 0. The molecule has 0 bridgehead atoms. The predicted molar refractivity (Wildman–Crippen MR) is 110 cm³/mol. The minimum Gasteiger partial charge on any atom is -0.282 e. The topological polar surface area (TPSA) is 54.4 Å². The molecular formula is C21H33O3PS. The summed E-state index contributed by atoms with van der Waals surface area (Å²) in [5, 5.41) is 0. The Morgan fingerprint density at radius 2 is 1.38 bits per heavy atom. The van der Waals surface area contributed by atoms with Gasteiger partial charge in [-0.2, -0.15) is 8.42 Å². The largest absolute Gasteiger partial charge is 0.294 e. The molecule has 2 saturated carbocycles. The van der Waals surface area contributed by atoms with Gasteiger partial charge < -0.3 is 0 Å². The van der Waals surface area contributed by atoms with E-state index in [1.54, 1.807) is 12.1 Å². The van der Waals surface area contributed by atoms with Crippen LogP contribution in [0.4, 0.5) is 0 Å². The third kappa shape index (κ3) is 5.30. The molecule has 3 rings (SSSR count). The van der Waals surface area contributed by atoms with Crippen molar-refractivity contribution in [3.8, 4) is 0 Å². The van der Waals surface area contributed by atoms with Crippen LogP contribution >= 0.6 is 7.92 Å². The predicted octanol–water partition coefficient (Wildman–Crippen LogP) is 6.01. The quantitative estimate of drug-likeness (QED) is 0.473. The molecule has 0 radical (unpaired) electrons. The second-order valence-corrected chi connectivity index (χ2v) is 12.9. The lowest BCUT2D eigenvalue weighted by atomic mass is 9.99. The van der Waals surface area contributed by atoms with Crippen molar-refractivity contribution >= 4 is 18.0 Å². The molecule has 1 N–H and O–H groups in total. The van der Waals surface area contributed by atoms with E-state index in [9.17, 15) is 8.42 Å². The van der Waals surface area contributed by atoms with E-state index in [4.69, 9.17) is 4.55 Å². The van der Waals surface area contributed by atoms with Crippen molar-refractivity contribution < 1.29 is 13.0 Å². The Morgan fingerprint density at radius 1 is 0.923 bits per heavy atom. The van der Waals surface area contributed by atoms with Gasteiger partial charge in [0.1, 0.15) is 0 Å². The van der Waals surface area contributed by atoms with Crippen LogP contribution in [0.1, 0.15) is 76.7 Å². The molecule has 2 fully saturated rings. The second kappa shape index (κ2) is 9.17. The van der Waals surface area contributed by atoms with E-state index in [2.05, 4.69) is 6.92 Å². The van der Waals surface area contributed by atoms with Gasteiger partial charge in [-0.15, -0.1) is 0 Å². The first-order valence-corrected chi connectivity index (χ1v) is 13.3. The summed E-state index contributed by atoms with van der Waals surface area (Å²) in [6.45, 7) is 2.44. The zero-order valence-corrected chi connectivity index (χ0v) is 17.6. The van der Waals surface area contributed by atoms with E-state index in [-0.39, 0.29) is 12.8 Å². The number of hydrogen-bond acceptors (Lipinski definition) is 2. The number of benzene rings is 1. The average Bonchev–Trinajstić information content (AvgIpc) is 2.63. The summed E-state index contributed by atoms with van der Waals surface area (Å²) in [6.07, 6.45) is 15.2. The van der Waals surface area contributed by atoms with Crippen LogP contribution < -0.4 is 0 Å². The van der Waals surface area contributed by atoms with E-state index in [0.29, 0.717) is 5.66 Å². The highest BCUT2D eigenvalue weighted by molar-refractivity contribution is 7.85. The Kier molecular flexibility index (Phi) is 7.16. The SMILES string of the molecule is CC(Cc1ccc(S(=O)(=O)O)cc1)P(C1CCCCC1)C1CCCCC1. The van der Waals surface area contributed by atoms with E-state index in [1.807, 2.05) is 12.1 Å². The first-order valence-electron chi connectivity index (χ1n) is 10.3. The Hall–Kier alpha value is -0.440. The van der Waals surface area contributed by atoms with Crippen LogP contribution in [-0.2, 0) is 16.5 Å². The minimum atomic E-state index is -4.09. The maximum atomic E-state index is 11.2. The van der Waals surface area contributed by atoms with Crippen LogP contribution in [0.3, 0.4) is 0 Å². The average molecular weight is 397 g/mol. The van der Waals surface area contributed by atoms with Crippen molar-refractivity contribution in [2.24, 2.45) is 0 Å². The van der Waals surface area contributed by atoms with Gasteiger partial charge >= 0.3 is 0 Å². The summed E-state index contributed by atoms with van der Waals surface area (Å²) in [5.41, 5.74) is 3.76. The smallest absolute Gasteiger partial charge is 0.282 e. The fourth-order valence-corrected chi connectivity index (χ4v) is 9.88. The molecule has 0 amide bonds. The maximum Gasteiger partial charge on any atom is 0.294 e.